The van der Waals surface area contributed by atoms with E-state index in [4.69, 9.17) is 4.74 Å². The Labute approximate surface area is 103 Å². The zero-order valence-corrected chi connectivity index (χ0v) is 10.6. The van der Waals surface area contributed by atoms with Crippen molar-refractivity contribution in [2.24, 2.45) is 10.8 Å². The zero-order chi connectivity index (χ0) is 11.8. The summed E-state index contributed by atoms with van der Waals surface area (Å²) in [5.41, 5.74) is 0.808. The van der Waals surface area contributed by atoms with Gasteiger partial charge in [0.15, 0.2) is 0 Å². The average Bonchev–Trinajstić information content (AvgIpc) is 2.35. The molecule has 3 aliphatic rings. The number of carbonyl (C=O) groups excluding carboxylic acids is 1. The van der Waals surface area contributed by atoms with E-state index in [-0.39, 0.29) is 5.91 Å². The van der Waals surface area contributed by atoms with Gasteiger partial charge >= 0.3 is 0 Å². The van der Waals surface area contributed by atoms with E-state index >= 15 is 0 Å². The lowest BCUT2D eigenvalue weighted by Gasteiger charge is -2.49. The highest BCUT2D eigenvalue weighted by Gasteiger charge is 2.45. The molecule has 3 fully saturated rings. The van der Waals surface area contributed by atoms with Crippen molar-refractivity contribution in [3.05, 3.63) is 0 Å². The van der Waals surface area contributed by atoms with Crippen LogP contribution in [-0.2, 0) is 9.53 Å². The molecule has 3 nitrogen and oxygen atoms in total. The van der Waals surface area contributed by atoms with Crippen LogP contribution in [0, 0.1) is 10.8 Å². The molecule has 2 saturated heterocycles. The van der Waals surface area contributed by atoms with Gasteiger partial charge in [-0.05, 0) is 55.8 Å². The Morgan fingerprint density at radius 2 is 1.76 bits per heavy atom. The highest BCUT2D eigenvalue weighted by atomic mass is 16.5. The van der Waals surface area contributed by atoms with Crippen molar-refractivity contribution in [3.63, 3.8) is 0 Å². The van der Waals surface area contributed by atoms with Crippen LogP contribution in [0.5, 0.6) is 0 Å². The van der Waals surface area contributed by atoms with Crippen LogP contribution in [0.1, 0.15) is 51.4 Å². The number of hydrogen-bond donors (Lipinski definition) is 1. The summed E-state index contributed by atoms with van der Waals surface area (Å²) in [6, 6.07) is 0. The maximum Gasteiger partial charge on any atom is 0.220 e. The van der Waals surface area contributed by atoms with Crippen LogP contribution < -0.4 is 5.32 Å². The molecule has 0 unspecified atom stereocenters. The third-order valence-electron chi connectivity index (χ3n) is 5.29. The van der Waals surface area contributed by atoms with E-state index in [1.165, 1.54) is 44.9 Å². The van der Waals surface area contributed by atoms with Crippen LogP contribution in [-0.4, -0.2) is 25.7 Å². The van der Waals surface area contributed by atoms with Gasteiger partial charge in [0.05, 0.1) is 6.61 Å². The van der Waals surface area contributed by atoms with Gasteiger partial charge in [-0.1, -0.05) is 0 Å². The Kier molecular flexibility index (Phi) is 2.89. The van der Waals surface area contributed by atoms with Crippen molar-refractivity contribution in [1.82, 2.24) is 5.32 Å². The molecule has 0 aromatic heterocycles. The number of carbonyl (C=O) groups is 1. The number of hydrogen-bond acceptors (Lipinski definition) is 2. The Hall–Kier alpha value is -0.570. The summed E-state index contributed by atoms with van der Waals surface area (Å²) in [7, 11) is 0. The molecule has 0 radical (unpaired) electrons. The molecule has 1 aliphatic carbocycles. The van der Waals surface area contributed by atoms with Gasteiger partial charge in [-0.2, -0.15) is 0 Å². The minimum atomic E-state index is 0.270. The summed E-state index contributed by atoms with van der Waals surface area (Å²) in [5, 5.41) is 2.96. The standard InChI is InChI=1S/C14H23NO2/c16-12-10-13(7-8-15-12)3-5-14(6-4-13)2-1-9-17-11-14/h1-11H2,(H,15,16). The predicted octanol–water partition coefficient (Wildman–Crippen LogP) is 2.25. The number of piperidine rings is 1. The third-order valence-corrected chi connectivity index (χ3v) is 5.29. The molecule has 2 heterocycles. The molecule has 2 spiro atoms. The first kappa shape index (κ1) is 11.5. The molecule has 0 atom stereocenters. The largest absolute Gasteiger partial charge is 0.381 e. The van der Waals surface area contributed by atoms with E-state index in [0.717, 1.165) is 26.2 Å². The molecule has 0 bridgehead atoms. The van der Waals surface area contributed by atoms with E-state index in [0.29, 0.717) is 10.8 Å². The second-order valence-corrected chi connectivity index (χ2v) is 6.43. The fourth-order valence-corrected chi connectivity index (χ4v) is 4.00. The van der Waals surface area contributed by atoms with Gasteiger partial charge in [0.1, 0.15) is 0 Å². The SMILES string of the molecule is O=C1CC2(CCN1)CCC1(CCCOC1)CC2. The van der Waals surface area contributed by atoms with Crippen LogP contribution in [0.2, 0.25) is 0 Å². The van der Waals surface area contributed by atoms with Crippen LogP contribution in [0.3, 0.4) is 0 Å². The lowest BCUT2D eigenvalue weighted by molar-refractivity contribution is -0.128. The van der Waals surface area contributed by atoms with E-state index in [1.54, 1.807) is 0 Å². The van der Waals surface area contributed by atoms with Crippen LogP contribution >= 0.6 is 0 Å². The maximum absolute atomic E-state index is 11.6. The van der Waals surface area contributed by atoms with E-state index in [2.05, 4.69) is 5.32 Å². The van der Waals surface area contributed by atoms with Crippen molar-refractivity contribution >= 4 is 5.91 Å². The summed E-state index contributed by atoms with van der Waals surface area (Å²) < 4.78 is 5.68. The highest BCUT2D eigenvalue weighted by molar-refractivity contribution is 5.77. The van der Waals surface area contributed by atoms with Gasteiger partial charge in [0, 0.05) is 19.6 Å². The van der Waals surface area contributed by atoms with Crippen molar-refractivity contribution in [2.45, 2.75) is 51.4 Å². The molecule has 2 aliphatic heterocycles. The summed E-state index contributed by atoms with van der Waals surface area (Å²) in [5.74, 6) is 0.270. The van der Waals surface area contributed by atoms with Crippen molar-refractivity contribution in [3.8, 4) is 0 Å². The summed E-state index contributed by atoms with van der Waals surface area (Å²) in [6.07, 6.45) is 9.57. The smallest absolute Gasteiger partial charge is 0.220 e. The minimum absolute atomic E-state index is 0.270. The molecule has 17 heavy (non-hydrogen) atoms. The molecule has 0 aromatic carbocycles. The van der Waals surface area contributed by atoms with Crippen LogP contribution in [0.25, 0.3) is 0 Å². The van der Waals surface area contributed by atoms with E-state index in [1.807, 2.05) is 0 Å². The first-order valence-corrected chi connectivity index (χ1v) is 7.07. The lowest BCUT2D eigenvalue weighted by Crippen LogP contribution is -2.46. The van der Waals surface area contributed by atoms with Crippen molar-refractivity contribution in [1.29, 1.82) is 0 Å². The molecule has 0 aromatic rings. The fourth-order valence-electron chi connectivity index (χ4n) is 4.00. The zero-order valence-electron chi connectivity index (χ0n) is 10.6. The van der Waals surface area contributed by atoms with Gasteiger partial charge < -0.3 is 10.1 Å². The summed E-state index contributed by atoms with van der Waals surface area (Å²) >= 11 is 0. The molecule has 1 amide bonds. The van der Waals surface area contributed by atoms with Crippen LogP contribution in [0.4, 0.5) is 0 Å². The Morgan fingerprint density at radius 3 is 2.41 bits per heavy atom. The second kappa shape index (κ2) is 4.27. The molecule has 96 valence electrons. The quantitative estimate of drug-likeness (QED) is 0.702. The average molecular weight is 237 g/mol. The molecule has 1 N–H and O–H groups in total. The summed E-state index contributed by atoms with van der Waals surface area (Å²) in [4.78, 5) is 11.6. The Bertz CT molecular complexity index is 297. The normalized spacial score (nSPS) is 42.7. The van der Waals surface area contributed by atoms with Gasteiger partial charge in [0.2, 0.25) is 5.91 Å². The topological polar surface area (TPSA) is 38.3 Å². The summed E-state index contributed by atoms with van der Waals surface area (Å²) in [6.45, 7) is 2.81. The number of ether oxygens (including phenoxy) is 1. The van der Waals surface area contributed by atoms with E-state index < -0.39 is 0 Å². The van der Waals surface area contributed by atoms with Gasteiger partial charge in [-0.15, -0.1) is 0 Å². The lowest BCUT2D eigenvalue weighted by atomic mass is 9.59. The Balaban J connectivity index is 1.64. The maximum atomic E-state index is 11.6. The van der Waals surface area contributed by atoms with Crippen molar-refractivity contribution < 1.29 is 9.53 Å². The van der Waals surface area contributed by atoms with E-state index in [9.17, 15) is 4.79 Å². The van der Waals surface area contributed by atoms with Gasteiger partial charge in [-0.3, -0.25) is 4.79 Å². The van der Waals surface area contributed by atoms with Crippen molar-refractivity contribution in [2.75, 3.05) is 19.8 Å². The van der Waals surface area contributed by atoms with Crippen LogP contribution in [0.15, 0.2) is 0 Å². The molecular weight excluding hydrogens is 214 g/mol. The predicted molar refractivity (Wildman–Crippen MR) is 65.6 cm³/mol. The molecular formula is C14H23NO2. The van der Waals surface area contributed by atoms with Gasteiger partial charge in [0.25, 0.3) is 0 Å². The number of amides is 1. The molecule has 3 heteroatoms. The second-order valence-electron chi connectivity index (χ2n) is 6.43. The highest BCUT2D eigenvalue weighted by Crippen LogP contribution is 2.52. The minimum Gasteiger partial charge on any atom is -0.381 e. The van der Waals surface area contributed by atoms with Gasteiger partial charge in [-0.25, -0.2) is 0 Å². The Morgan fingerprint density at radius 1 is 1.00 bits per heavy atom. The first-order chi connectivity index (χ1) is 8.22. The third kappa shape index (κ3) is 2.22. The first-order valence-electron chi connectivity index (χ1n) is 7.07. The fraction of sp³-hybridized carbons (Fsp3) is 0.929. The monoisotopic (exact) mass is 237 g/mol. The molecule has 1 saturated carbocycles. The number of nitrogens with one attached hydrogen (secondary N) is 1. The molecule has 3 rings (SSSR count). The number of rotatable bonds is 0.